The van der Waals surface area contributed by atoms with E-state index in [1.54, 1.807) is 10.4 Å². The first-order chi connectivity index (χ1) is 10.3. The van der Waals surface area contributed by atoms with Crippen LogP contribution in [0.2, 0.25) is 0 Å². The van der Waals surface area contributed by atoms with Crippen LogP contribution in [0, 0.1) is 3.57 Å². The molecule has 0 saturated carbocycles. The van der Waals surface area contributed by atoms with Crippen LogP contribution >= 0.6 is 45.7 Å². The smallest absolute Gasteiger partial charge is 0.0455 e. The fourth-order valence-electron chi connectivity index (χ4n) is 2.72. The Morgan fingerprint density at radius 2 is 2.10 bits per heavy atom. The highest BCUT2D eigenvalue weighted by molar-refractivity contribution is 14.1. The van der Waals surface area contributed by atoms with Crippen LogP contribution in [0.4, 0.5) is 0 Å². The molecule has 0 amide bonds. The fourth-order valence-corrected chi connectivity index (χ4v) is 5.53. The zero-order chi connectivity index (χ0) is 14.7. The highest BCUT2D eigenvalue weighted by Gasteiger charge is 2.19. The van der Waals surface area contributed by atoms with Crippen LogP contribution in [0.15, 0.2) is 30.3 Å². The molecule has 1 atom stereocenters. The van der Waals surface area contributed by atoms with Crippen molar-refractivity contribution in [2.45, 2.75) is 31.6 Å². The molecule has 1 N–H and O–H groups in total. The number of halogens is 1. The second kappa shape index (κ2) is 7.49. The van der Waals surface area contributed by atoms with Gasteiger partial charge in [-0.1, -0.05) is 19.1 Å². The van der Waals surface area contributed by atoms with Gasteiger partial charge in [0.15, 0.2) is 0 Å². The molecule has 0 spiro atoms. The van der Waals surface area contributed by atoms with E-state index in [1.807, 2.05) is 11.3 Å². The summed E-state index contributed by atoms with van der Waals surface area (Å²) in [4.78, 5) is 3.14. The molecular formula is C17H20INS2. The van der Waals surface area contributed by atoms with Crippen molar-refractivity contribution in [1.29, 1.82) is 0 Å². The summed E-state index contributed by atoms with van der Waals surface area (Å²) in [7, 11) is 0. The molecule has 1 aromatic heterocycles. The third-order valence-corrected chi connectivity index (χ3v) is 6.87. The van der Waals surface area contributed by atoms with E-state index in [4.69, 9.17) is 0 Å². The number of thiophene rings is 1. The first kappa shape index (κ1) is 15.8. The van der Waals surface area contributed by atoms with Crippen LogP contribution in [0.25, 0.3) is 0 Å². The van der Waals surface area contributed by atoms with Crippen LogP contribution in [0.5, 0.6) is 0 Å². The summed E-state index contributed by atoms with van der Waals surface area (Å²) in [5.41, 5.74) is 3.00. The summed E-state index contributed by atoms with van der Waals surface area (Å²) >= 11 is 6.46. The van der Waals surface area contributed by atoms with E-state index in [0.717, 1.165) is 13.0 Å². The standard InChI is InChI=1S/C17H20INS2/c1-2-19-15(9-12-3-5-14(18)6-4-12)17-10-13-11-20-8-7-16(13)21-17/h3-6,10,15,19H,2,7-9,11H2,1H3. The van der Waals surface area contributed by atoms with Crippen LogP contribution in [-0.2, 0) is 18.6 Å². The van der Waals surface area contributed by atoms with E-state index in [-0.39, 0.29) is 0 Å². The Kier molecular flexibility index (Phi) is 5.65. The van der Waals surface area contributed by atoms with Crippen molar-refractivity contribution < 1.29 is 0 Å². The molecular weight excluding hydrogens is 409 g/mol. The molecule has 0 saturated heterocycles. The largest absolute Gasteiger partial charge is 0.309 e. The third-order valence-electron chi connectivity index (χ3n) is 3.79. The van der Waals surface area contributed by atoms with Crippen molar-refractivity contribution in [3.05, 3.63) is 54.8 Å². The number of nitrogens with one attached hydrogen (secondary N) is 1. The maximum atomic E-state index is 3.67. The molecule has 112 valence electrons. The summed E-state index contributed by atoms with van der Waals surface area (Å²) in [6, 6.07) is 11.8. The van der Waals surface area contributed by atoms with Crippen LogP contribution in [0.3, 0.4) is 0 Å². The molecule has 1 aliphatic rings. The van der Waals surface area contributed by atoms with E-state index in [2.05, 4.69) is 76.9 Å². The van der Waals surface area contributed by atoms with E-state index >= 15 is 0 Å². The summed E-state index contributed by atoms with van der Waals surface area (Å²) in [6.45, 7) is 3.22. The Balaban J connectivity index is 1.80. The second-order valence-electron chi connectivity index (χ2n) is 5.34. The van der Waals surface area contributed by atoms with Gasteiger partial charge in [0, 0.05) is 25.1 Å². The minimum absolute atomic E-state index is 0.454. The predicted octanol–water partition coefficient (Wildman–Crippen LogP) is 5.04. The number of benzene rings is 1. The Morgan fingerprint density at radius 3 is 2.81 bits per heavy atom. The van der Waals surface area contributed by atoms with Crippen LogP contribution < -0.4 is 5.32 Å². The quantitative estimate of drug-likeness (QED) is 0.669. The number of rotatable bonds is 5. The summed E-state index contributed by atoms with van der Waals surface area (Å²) in [5, 5.41) is 3.67. The zero-order valence-electron chi connectivity index (χ0n) is 12.2. The fraction of sp³-hybridized carbons (Fsp3) is 0.412. The molecule has 0 radical (unpaired) electrons. The Hall–Kier alpha value is -0.0400. The number of hydrogen-bond acceptors (Lipinski definition) is 3. The molecule has 2 heterocycles. The second-order valence-corrected chi connectivity index (χ2v) is 8.86. The molecule has 0 aliphatic carbocycles. The van der Waals surface area contributed by atoms with Gasteiger partial charge in [-0.25, -0.2) is 0 Å². The van der Waals surface area contributed by atoms with Gasteiger partial charge >= 0.3 is 0 Å². The van der Waals surface area contributed by atoms with E-state index in [1.165, 1.54) is 31.9 Å². The number of hydrogen-bond donors (Lipinski definition) is 1. The Labute approximate surface area is 149 Å². The van der Waals surface area contributed by atoms with Crippen molar-refractivity contribution in [1.82, 2.24) is 5.32 Å². The van der Waals surface area contributed by atoms with Crippen molar-refractivity contribution in [2.75, 3.05) is 12.3 Å². The summed E-state index contributed by atoms with van der Waals surface area (Å²) in [6.07, 6.45) is 2.34. The average Bonchev–Trinajstić information content (AvgIpc) is 2.93. The lowest BCUT2D eigenvalue weighted by Gasteiger charge is -2.16. The van der Waals surface area contributed by atoms with Gasteiger partial charge in [-0.15, -0.1) is 11.3 Å². The molecule has 1 unspecified atom stereocenters. The minimum Gasteiger partial charge on any atom is -0.309 e. The third kappa shape index (κ3) is 4.03. The number of aryl methyl sites for hydroxylation is 1. The lowest BCUT2D eigenvalue weighted by atomic mass is 10.0. The van der Waals surface area contributed by atoms with Gasteiger partial charge in [-0.2, -0.15) is 11.8 Å². The van der Waals surface area contributed by atoms with E-state index in [9.17, 15) is 0 Å². The van der Waals surface area contributed by atoms with Crippen LogP contribution in [-0.4, -0.2) is 12.3 Å². The SMILES string of the molecule is CCNC(Cc1ccc(I)cc1)c1cc2c(s1)CCSC2. The zero-order valence-corrected chi connectivity index (χ0v) is 16.0. The Morgan fingerprint density at radius 1 is 1.29 bits per heavy atom. The van der Waals surface area contributed by atoms with Crippen molar-refractivity contribution in [3.63, 3.8) is 0 Å². The average molecular weight is 429 g/mol. The van der Waals surface area contributed by atoms with Gasteiger partial charge < -0.3 is 5.32 Å². The molecule has 21 heavy (non-hydrogen) atoms. The van der Waals surface area contributed by atoms with E-state index < -0.39 is 0 Å². The molecule has 2 aromatic rings. The van der Waals surface area contributed by atoms with Gasteiger partial charge in [0.1, 0.15) is 0 Å². The molecule has 0 fully saturated rings. The van der Waals surface area contributed by atoms with Gasteiger partial charge in [-0.3, -0.25) is 0 Å². The number of thioether (sulfide) groups is 1. The molecule has 1 aliphatic heterocycles. The molecule has 3 rings (SSSR count). The number of likely N-dealkylation sites (N-methyl/N-ethyl adjacent to an activating group) is 1. The van der Waals surface area contributed by atoms with Crippen molar-refractivity contribution >= 4 is 45.7 Å². The molecule has 1 aromatic carbocycles. The molecule has 1 nitrogen and oxygen atoms in total. The monoisotopic (exact) mass is 429 g/mol. The highest BCUT2D eigenvalue weighted by atomic mass is 127. The maximum absolute atomic E-state index is 3.67. The molecule has 4 heteroatoms. The van der Waals surface area contributed by atoms with Gasteiger partial charge in [-0.05, 0) is 77.1 Å². The van der Waals surface area contributed by atoms with Crippen molar-refractivity contribution in [2.24, 2.45) is 0 Å². The predicted molar refractivity (Wildman–Crippen MR) is 103 cm³/mol. The van der Waals surface area contributed by atoms with Gasteiger partial charge in [0.05, 0.1) is 0 Å². The van der Waals surface area contributed by atoms with Gasteiger partial charge in [0.25, 0.3) is 0 Å². The lowest BCUT2D eigenvalue weighted by molar-refractivity contribution is 0.558. The first-order valence-electron chi connectivity index (χ1n) is 7.43. The minimum atomic E-state index is 0.454. The lowest BCUT2D eigenvalue weighted by Crippen LogP contribution is -2.22. The Bertz CT molecular complexity index is 568. The maximum Gasteiger partial charge on any atom is 0.0455 e. The first-order valence-corrected chi connectivity index (χ1v) is 10.5. The molecule has 0 bridgehead atoms. The topological polar surface area (TPSA) is 12.0 Å². The summed E-state index contributed by atoms with van der Waals surface area (Å²) < 4.78 is 1.31. The normalized spacial score (nSPS) is 15.7. The van der Waals surface area contributed by atoms with Crippen LogP contribution in [0.1, 0.15) is 33.8 Å². The number of fused-ring (bicyclic) bond motifs is 1. The van der Waals surface area contributed by atoms with E-state index in [0.29, 0.717) is 6.04 Å². The van der Waals surface area contributed by atoms with Gasteiger partial charge in [0.2, 0.25) is 0 Å². The summed E-state index contributed by atoms with van der Waals surface area (Å²) in [5.74, 6) is 2.49. The highest BCUT2D eigenvalue weighted by Crippen LogP contribution is 2.35. The van der Waals surface area contributed by atoms with Crippen molar-refractivity contribution in [3.8, 4) is 0 Å².